The number of carbonyl (C=O) groups excluding carboxylic acids is 2. The van der Waals surface area contributed by atoms with Crippen molar-refractivity contribution in [2.45, 2.75) is 88.3 Å². The maximum Gasteiger partial charge on any atom is 0.343 e. The van der Waals surface area contributed by atoms with Gasteiger partial charge in [-0.3, -0.25) is 0 Å². The largest absolute Gasteiger partial charge is 0.472 e. The normalized spacial score (nSPS) is 21.7. The second-order valence-corrected chi connectivity index (χ2v) is 18.9. The average molecular weight is 876 g/mol. The van der Waals surface area contributed by atoms with E-state index in [0.29, 0.717) is 54.6 Å². The van der Waals surface area contributed by atoms with Gasteiger partial charge in [0.15, 0.2) is 5.60 Å². The van der Waals surface area contributed by atoms with Crippen molar-refractivity contribution < 1.29 is 28.5 Å². The summed E-state index contributed by atoms with van der Waals surface area (Å²) in [6, 6.07) is 41.1. The van der Waals surface area contributed by atoms with E-state index >= 15 is 0 Å². The SMILES string of the molecule is CCCCCC1CCC(c2ccc(OC(=O)c3ccc(-c4ccc5c6c(c7c(c5c4)C4(CC=CC4)OC7=O)C=CC(c4ccccc4)(c4ccc(N5CCOCC5)cc4)O6)cc3)cc2)CC1. The molecule has 0 N–H and O–H groups in total. The number of anilines is 1. The fraction of sp³-hybridized carbons (Fsp3) is 0.322. The molecular formula is C59H57NO6. The Morgan fingerprint density at radius 2 is 1.45 bits per heavy atom. The summed E-state index contributed by atoms with van der Waals surface area (Å²) in [7, 11) is 0. The van der Waals surface area contributed by atoms with E-state index in [1.54, 1.807) is 0 Å². The van der Waals surface area contributed by atoms with Crippen molar-refractivity contribution in [3.05, 3.63) is 178 Å². The van der Waals surface area contributed by atoms with Crippen LogP contribution >= 0.6 is 0 Å². The monoisotopic (exact) mass is 875 g/mol. The first-order valence-electron chi connectivity index (χ1n) is 24.2. The number of esters is 2. The molecule has 7 nitrogen and oxygen atoms in total. The number of hydrogen-bond acceptors (Lipinski definition) is 7. The molecule has 11 rings (SSSR count). The van der Waals surface area contributed by atoms with Crippen LogP contribution in [-0.2, 0) is 20.7 Å². The van der Waals surface area contributed by atoms with Crippen molar-refractivity contribution >= 4 is 34.5 Å². The predicted molar refractivity (Wildman–Crippen MR) is 261 cm³/mol. The third-order valence-corrected chi connectivity index (χ3v) is 15.0. The summed E-state index contributed by atoms with van der Waals surface area (Å²) in [4.78, 5) is 30.0. The molecule has 1 saturated carbocycles. The van der Waals surface area contributed by atoms with Crippen LogP contribution in [0.25, 0.3) is 28.0 Å². The van der Waals surface area contributed by atoms with Crippen molar-refractivity contribution in [1.82, 2.24) is 0 Å². The minimum atomic E-state index is -0.966. The van der Waals surface area contributed by atoms with Crippen molar-refractivity contribution in [1.29, 1.82) is 0 Å². The number of benzene rings is 6. The molecule has 1 atom stereocenters. The van der Waals surface area contributed by atoms with Crippen LogP contribution in [-0.4, -0.2) is 38.2 Å². The average Bonchev–Trinajstić information content (AvgIpc) is 3.97. The standard InChI is InChI=1S/C59H57NO6/c1-2-3-5-10-40-13-15-41(16-14-40)42-21-28-49(29-22-42)64-56(61)44-19-17-43(18-20-44)45-23-30-50-52(39-45)54-53(57(62)66-58(54)32-8-9-33-58)51-31-34-59(65-55(50)51,46-11-6-4-7-12-46)47-24-26-48(27-25-47)60-35-37-63-38-36-60/h4,6-9,11-12,17-31,34,39-41H,2-3,5,10,13-16,32-33,35-38H2,1H3. The third-order valence-electron chi connectivity index (χ3n) is 15.0. The molecule has 6 aromatic carbocycles. The maximum atomic E-state index is 14.2. The molecule has 3 heterocycles. The lowest BCUT2D eigenvalue weighted by Crippen LogP contribution is -2.37. The van der Waals surface area contributed by atoms with Gasteiger partial charge in [-0.1, -0.05) is 124 Å². The number of rotatable bonds is 11. The molecule has 2 fully saturated rings. The Hall–Kier alpha value is -6.44. The topological polar surface area (TPSA) is 74.3 Å². The molecule has 6 aromatic rings. The number of carbonyl (C=O) groups is 2. The van der Waals surface area contributed by atoms with Crippen LogP contribution in [0.3, 0.4) is 0 Å². The fourth-order valence-corrected chi connectivity index (χ4v) is 11.3. The number of morpholine rings is 1. The quantitative estimate of drug-likeness (QED) is 0.0555. The van der Waals surface area contributed by atoms with Crippen LogP contribution < -0.4 is 14.4 Å². The Morgan fingerprint density at radius 1 is 0.742 bits per heavy atom. The summed E-state index contributed by atoms with van der Waals surface area (Å²) in [5.74, 6) is 1.94. The molecule has 0 bridgehead atoms. The molecule has 0 aromatic heterocycles. The Bertz CT molecular complexity index is 2810. The molecule has 2 aliphatic carbocycles. The molecule has 1 saturated heterocycles. The van der Waals surface area contributed by atoms with Crippen LogP contribution in [0.4, 0.5) is 5.69 Å². The first kappa shape index (κ1) is 42.2. The Labute approximate surface area is 388 Å². The summed E-state index contributed by atoms with van der Waals surface area (Å²) < 4.78 is 25.3. The van der Waals surface area contributed by atoms with Crippen LogP contribution in [0.2, 0.25) is 0 Å². The highest BCUT2D eigenvalue weighted by molar-refractivity contribution is 6.10. The summed E-state index contributed by atoms with van der Waals surface area (Å²) in [6.07, 6.45) is 20.1. The highest BCUT2D eigenvalue weighted by Gasteiger charge is 2.50. The highest BCUT2D eigenvalue weighted by Crippen LogP contribution is 2.55. The van der Waals surface area contributed by atoms with Gasteiger partial charge in [0.1, 0.15) is 17.1 Å². The van der Waals surface area contributed by atoms with E-state index in [0.717, 1.165) is 68.8 Å². The lowest BCUT2D eigenvalue weighted by atomic mass is 9.77. The van der Waals surface area contributed by atoms with Gasteiger partial charge in [-0.2, -0.15) is 0 Å². The van der Waals surface area contributed by atoms with Gasteiger partial charge in [0.05, 0.1) is 24.3 Å². The highest BCUT2D eigenvalue weighted by atomic mass is 16.6. The number of nitrogens with zero attached hydrogens (tertiary/aromatic N) is 1. The van der Waals surface area contributed by atoms with Gasteiger partial charge < -0.3 is 23.8 Å². The Morgan fingerprint density at radius 3 is 2.18 bits per heavy atom. The molecule has 3 aliphatic heterocycles. The van der Waals surface area contributed by atoms with E-state index in [-0.39, 0.29) is 11.9 Å². The smallest absolute Gasteiger partial charge is 0.343 e. The van der Waals surface area contributed by atoms with E-state index in [4.69, 9.17) is 18.9 Å². The van der Waals surface area contributed by atoms with Crippen molar-refractivity contribution in [2.75, 3.05) is 31.2 Å². The number of unbranched alkanes of at least 4 members (excludes halogenated alkanes) is 2. The molecule has 1 spiro atoms. The number of ether oxygens (including phenoxy) is 4. The Kier molecular flexibility index (Phi) is 11.4. The van der Waals surface area contributed by atoms with Gasteiger partial charge in [-0.05, 0) is 114 Å². The first-order chi connectivity index (χ1) is 32.4. The lowest BCUT2D eigenvalue weighted by molar-refractivity contribution is -0.00144. The number of hydrogen-bond donors (Lipinski definition) is 0. The fourth-order valence-electron chi connectivity index (χ4n) is 11.3. The van der Waals surface area contributed by atoms with E-state index in [1.165, 1.54) is 56.9 Å². The van der Waals surface area contributed by atoms with Gasteiger partial charge in [0.2, 0.25) is 0 Å². The molecule has 0 amide bonds. The van der Waals surface area contributed by atoms with E-state index in [9.17, 15) is 9.59 Å². The number of fused-ring (bicyclic) bond motifs is 7. The molecule has 334 valence electrons. The zero-order chi connectivity index (χ0) is 44.7. The molecule has 1 unspecified atom stereocenters. The molecule has 5 aliphatic rings. The zero-order valence-electron chi connectivity index (χ0n) is 37.8. The summed E-state index contributed by atoms with van der Waals surface area (Å²) in [5, 5.41) is 1.83. The second kappa shape index (κ2) is 17.7. The zero-order valence-corrected chi connectivity index (χ0v) is 37.8. The summed E-state index contributed by atoms with van der Waals surface area (Å²) >= 11 is 0. The van der Waals surface area contributed by atoms with Gasteiger partial charge in [0.25, 0.3) is 0 Å². The van der Waals surface area contributed by atoms with Crippen molar-refractivity contribution in [2.24, 2.45) is 5.92 Å². The van der Waals surface area contributed by atoms with Crippen molar-refractivity contribution in [3.63, 3.8) is 0 Å². The second-order valence-electron chi connectivity index (χ2n) is 18.9. The molecule has 7 heteroatoms. The predicted octanol–water partition coefficient (Wildman–Crippen LogP) is 13.5. The molecular weight excluding hydrogens is 819 g/mol. The van der Waals surface area contributed by atoms with Gasteiger partial charge in [-0.25, -0.2) is 9.59 Å². The van der Waals surface area contributed by atoms with Gasteiger partial charge >= 0.3 is 11.9 Å². The van der Waals surface area contributed by atoms with E-state index < -0.39 is 11.2 Å². The van der Waals surface area contributed by atoms with Crippen molar-refractivity contribution in [3.8, 4) is 22.6 Å². The maximum absolute atomic E-state index is 14.2. The first-order valence-corrected chi connectivity index (χ1v) is 24.2. The van der Waals surface area contributed by atoms with E-state index in [1.807, 2.05) is 54.6 Å². The molecule has 0 radical (unpaired) electrons. The lowest BCUT2D eigenvalue weighted by Gasteiger charge is -2.38. The van der Waals surface area contributed by atoms with Gasteiger partial charge in [0, 0.05) is 59.3 Å². The van der Waals surface area contributed by atoms with Crippen LogP contribution in [0, 0.1) is 5.92 Å². The summed E-state index contributed by atoms with van der Waals surface area (Å²) in [6.45, 7) is 5.41. The Balaban J connectivity index is 0.888. The van der Waals surface area contributed by atoms with E-state index in [2.05, 4.69) is 103 Å². The van der Waals surface area contributed by atoms with Crippen LogP contribution in [0.5, 0.6) is 11.5 Å². The minimum Gasteiger partial charge on any atom is -0.472 e. The van der Waals surface area contributed by atoms with Crippen LogP contribution in [0.15, 0.2) is 140 Å². The molecule has 66 heavy (non-hydrogen) atoms. The third kappa shape index (κ3) is 7.71. The van der Waals surface area contributed by atoms with Gasteiger partial charge in [-0.15, -0.1) is 0 Å². The van der Waals surface area contributed by atoms with Crippen LogP contribution in [0.1, 0.15) is 126 Å². The summed E-state index contributed by atoms with van der Waals surface area (Å²) in [5.41, 5.74) is 7.29. The minimum absolute atomic E-state index is 0.328.